The lowest BCUT2D eigenvalue weighted by molar-refractivity contribution is -0.129. The largest absolute Gasteiger partial charge is 0.339 e. The zero-order chi connectivity index (χ0) is 16.4. The van der Waals surface area contributed by atoms with Crippen molar-refractivity contribution < 1.29 is 9.32 Å². The lowest BCUT2D eigenvalue weighted by atomic mass is 10.1. The molecule has 2 aromatic heterocycles. The molecule has 3 heterocycles. The van der Waals surface area contributed by atoms with Gasteiger partial charge in [-0.25, -0.2) is 0 Å². The second-order valence-corrected chi connectivity index (χ2v) is 6.76. The number of hydrogen-bond donors (Lipinski definition) is 0. The first-order valence-corrected chi connectivity index (χ1v) is 8.86. The Morgan fingerprint density at radius 3 is 2.71 bits per heavy atom. The minimum atomic E-state index is 0.00529. The Balaban J connectivity index is 1.48. The maximum atomic E-state index is 12.5. The number of amides is 1. The number of rotatable bonds is 3. The fourth-order valence-electron chi connectivity index (χ4n) is 3.82. The minimum Gasteiger partial charge on any atom is -0.339 e. The number of aromatic nitrogens is 3. The van der Waals surface area contributed by atoms with Crippen LogP contribution in [0.5, 0.6) is 0 Å². The summed E-state index contributed by atoms with van der Waals surface area (Å²) in [4.78, 5) is 23.2. The molecule has 6 heteroatoms. The van der Waals surface area contributed by atoms with E-state index in [2.05, 4.69) is 20.0 Å². The summed E-state index contributed by atoms with van der Waals surface area (Å²) in [5.74, 6) is 1.28. The summed E-state index contributed by atoms with van der Waals surface area (Å²) in [6.07, 6.45) is 9.46. The summed E-state index contributed by atoms with van der Waals surface area (Å²) in [6, 6.07) is 5.99. The highest BCUT2D eigenvalue weighted by Crippen LogP contribution is 2.33. The predicted molar refractivity (Wildman–Crippen MR) is 88.1 cm³/mol. The SMILES string of the molecule is O=C1C[C@@H](c2nc(-c3ccccn3)no2)CN1C1CCCCCC1. The van der Waals surface area contributed by atoms with E-state index in [-0.39, 0.29) is 11.8 Å². The van der Waals surface area contributed by atoms with E-state index in [4.69, 9.17) is 4.52 Å². The number of carbonyl (C=O) groups is 1. The van der Waals surface area contributed by atoms with Crippen LogP contribution in [0.1, 0.15) is 56.8 Å². The highest BCUT2D eigenvalue weighted by molar-refractivity contribution is 5.79. The summed E-state index contributed by atoms with van der Waals surface area (Å²) >= 11 is 0. The summed E-state index contributed by atoms with van der Waals surface area (Å²) in [6.45, 7) is 0.702. The third-order valence-corrected chi connectivity index (χ3v) is 5.11. The van der Waals surface area contributed by atoms with Gasteiger partial charge in [0, 0.05) is 25.2 Å². The van der Waals surface area contributed by atoms with E-state index in [1.54, 1.807) is 6.20 Å². The summed E-state index contributed by atoms with van der Waals surface area (Å²) in [7, 11) is 0. The fraction of sp³-hybridized carbons (Fsp3) is 0.556. The highest BCUT2D eigenvalue weighted by Gasteiger charge is 2.37. The van der Waals surface area contributed by atoms with Crippen LogP contribution >= 0.6 is 0 Å². The second-order valence-electron chi connectivity index (χ2n) is 6.76. The van der Waals surface area contributed by atoms with E-state index in [9.17, 15) is 4.79 Å². The van der Waals surface area contributed by atoms with E-state index in [0.717, 1.165) is 12.8 Å². The van der Waals surface area contributed by atoms with Crippen molar-refractivity contribution in [2.24, 2.45) is 0 Å². The second kappa shape index (κ2) is 6.71. The lowest BCUT2D eigenvalue weighted by Gasteiger charge is -2.26. The first-order chi connectivity index (χ1) is 11.8. The Bertz CT molecular complexity index is 692. The molecule has 0 unspecified atom stereocenters. The molecule has 2 aliphatic rings. The molecule has 126 valence electrons. The van der Waals surface area contributed by atoms with Crippen molar-refractivity contribution in [1.82, 2.24) is 20.0 Å². The zero-order valence-corrected chi connectivity index (χ0v) is 13.7. The molecule has 1 amide bonds. The van der Waals surface area contributed by atoms with Crippen LogP contribution in [0.4, 0.5) is 0 Å². The van der Waals surface area contributed by atoms with Gasteiger partial charge in [0.25, 0.3) is 0 Å². The predicted octanol–water partition coefficient (Wildman–Crippen LogP) is 3.17. The molecule has 1 aliphatic heterocycles. The number of pyridine rings is 1. The fourth-order valence-corrected chi connectivity index (χ4v) is 3.82. The smallest absolute Gasteiger partial charge is 0.232 e. The summed E-state index contributed by atoms with van der Waals surface area (Å²) < 4.78 is 5.43. The average molecular weight is 326 g/mol. The lowest BCUT2D eigenvalue weighted by Crippen LogP contribution is -2.36. The Labute approximate surface area is 141 Å². The summed E-state index contributed by atoms with van der Waals surface area (Å²) in [5, 5.41) is 4.03. The van der Waals surface area contributed by atoms with Gasteiger partial charge < -0.3 is 9.42 Å². The molecule has 4 rings (SSSR count). The molecular weight excluding hydrogens is 304 g/mol. The van der Waals surface area contributed by atoms with Gasteiger partial charge in [-0.3, -0.25) is 9.78 Å². The van der Waals surface area contributed by atoms with Crippen molar-refractivity contribution in [3.8, 4) is 11.5 Å². The highest BCUT2D eigenvalue weighted by atomic mass is 16.5. The normalized spacial score (nSPS) is 22.8. The van der Waals surface area contributed by atoms with E-state index in [1.165, 1.54) is 25.7 Å². The molecule has 2 fully saturated rings. The van der Waals surface area contributed by atoms with E-state index < -0.39 is 0 Å². The molecule has 2 aromatic rings. The first kappa shape index (κ1) is 15.3. The number of hydrogen-bond acceptors (Lipinski definition) is 5. The summed E-state index contributed by atoms with van der Waals surface area (Å²) in [5.41, 5.74) is 0.692. The monoisotopic (exact) mass is 326 g/mol. The van der Waals surface area contributed by atoms with Crippen LogP contribution in [0, 0.1) is 0 Å². The van der Waals surface area contributed by atoms with Gasteiger partial charge in [0.05, 0.1) is 5.92 Å². The van der Waals surface area contributed by atoms with E-state index in [0.29, 0.717) is 36.4 Å². The van der Waals surface area contributed by atoms with Crippen molar-refractivity contribution in [3.63, 3.8) is 0 Å². The molecule has 1 atom stereocenters. The van der Waals surface area contributed by atoms with Gasteiger partial charge in [-0.2, -0.15) is 4.98 Å². The van der Waals surface area contributed by atoms with E-state index in [1.807, 2.05) is 18.2 Å². The Morgan fingerprint density at radius 2 is 1.96 bits per heavy atom. The maximum Gasteiger partial charge on any atom is 0.232 e. The molecule has 0 radical (unpaired) electrons. The molecule has 24 heavy (non-hydrogen) atoms. The molecule has 0 spiro atoms. The first-order valence-electron chi connectivity index (χ1n) is 8.86. The average Bonchev–Trinajstić information content (AvgIpc) is 3.15. The van der Waals surface area contributed by atoms with Crippen LogP contribution in [-0.4, -0.2) is 38.5 Å². The van der Waals surface area contributed by atoms with Crippen LogP contribution in [-0.2, 0) is 4.79 Å². The van der Waals surface area contributed by atoms with Gasteiger partial charge >= 0.3 is 0 Å². The number of carbonyl (C=O) groups excluding carboxylic acids is 1. The van der Waals surface area contributed by atoms with Crippen molar-refractivity contribution in [2.75, 3.05) is 6.54 Å². The molecule has 0 N–H and O–H groups in total. The Hall–Kier alpha value is -2.24. The van der Waals surface area contributed by atoms with Crippen LogP contribution < -0.4 is 0 Å². The van der Waals surface area contributed by atoms with Crippen molar-refractivity contribution in [1.29, 1.82) is 0 Å². The number of nitrogens with zero attached hydrogens (tertiary/aromatic N) is 4. The zero-order valence-electron chi connectivity index (χ0n) is 13.7. The Kier molecular flexibility index (Phi) is 4.28. The van der Waals surface area contributed by atoms with Crippen molar-refractivity contribution in [3.05, 3.63) is 30.3 Å². The van der Waals surface area contributed by atoms with E-state index >= 15 is 0 Å². The number of likely N-dealkylation sites (tertiary alicyclic amines) is 1. The molecule has 6 nitrogen and oxygen atoms in total. The Morgan fingerprint density at radius 1 is 1.12 bits per heavy atom. The van der Waals surface area contributed by atoms with Gasteiger partial charge in [0.2, 0.25) is 17.6 Å². The van der Waals surface area contributed by atoms with Crippen LogP contribution in [0.2, 0.25) is 0 Å². The third kappa shape index (κ3) is 3.05. The van der Waals surface area contributed by atoms with Crippen LogP contribution in [0.15, 0.2) is 28.9 Å². The van der Waals surface area contributed by atoms with Gasteiger partial charge in [-0.1, -0.05) is 36.9 Å². The minimum absolute atomic E-state index is 0.00529. The molecule has 0 aromatic carbocycles. The van der Waals surface area contributed by atoms with Crippen LogP contribution in [0.25, 0.3) is 11.5 Å². The van der Waals surface area contributed by atoms with Gasteiger partial charge in [0.1, 0.15) is 5.69 Å². The topological polar surface area (TPSA) is 72.1 Å². The van der Waals surface area contributed by atoms with Gasteiger partial charge in [0.15, 0.2) is 0 Å². The molecule has 0 bridgehead atoms. The standard InChI is InChI=1S/C18H22N4O2/c23-16-11-13(12-22(16)14-7-3-1-2-4-8-14)18-20-17(21-24-18)15-9-5-6-10-19-15/h5-6,9-10,13-14H,1-4,7-8,11-12H2/t13-/m1/s1. The van der Waals surface area contributed by atoms with Crippen LogP contribution in [0.3, 0.4) is 0 Å². The third-order valence-electron chi connectivity index (χ3n) is 5.11. The quantitative estimate of drug-likeness (QED) is 0.810. The molecule has 1 saturated heterocycles. The van der Waals surface area contributed by atoms with Gasteiger partial charge in [-0.15, -0.1) is 0 Å². The molecular formula is C18H22N4O2. The molecule has 1 saturated carbocycles. The maximum absolute atomic E-state index is 12.5. The molecule has 1 aliphatic carbocycles. The van der Waals surface area contributed by atoms with Crippen molar-refractivity contribution >= 4 is 5.91 Å². The van der Waals surface area contributed by atoms with Crippen molar-refractivity contribution in [2.45, 2.75) is 56.9 Å². The van der Waals surface area contributed by atoms with Gasteiger partial charge in [-0.05, 0) is 25.0 Å².